The minimum Gasteiger partial charge on any atom is -0.393 e. The standard InChI is InChI=1S/C8H16O/c1-6-4-5-7(9)8(6,2)3/h6-7,9H,4-5H2,1-3H3/t6?,7-/m0/s1. The predicted molar refractivity (Wildman–Crippen MR) is 38.2 cm³/mol. The first-order valence-corrected chi connectivity index (χ1v) is 3.73. The van der Waals surface area contributed by atoms with Gasteiger partial charge in [-0.3, -0.25) is 0 Å². The fourth-order valence-corrected chi connectivity index (χ4v) is 1.48. The van der Waals surface area contributed by atoms with Gasteiger partial charge < -0.3 is 5.11 Å². The van der Waals surface area contributed by atoms with Crippen molar-refractivity contribution in [3.05, 3.63) is 0 Å². The van der Waals surface area contributed by atoms with Crippen molar-refractivity contribution >= 4 is 0 Å². The van der Waals surface area contributed by atoms with Crippen LogP contribution in [-0.4, -0.2) is 11.2 Å². The second-order valence-electron chi connectivity index (χ2n) is 3.82. The maximum atomic E-state index is 9.43. The molecule has 1 unspecified atom stereocenters. The molecule has 0 bridgehead atoms. The van der Waals surface area contributed by atoms with Gasteiger partial charge in [0.1, 0.15) is 0 Å². The molecule has 1 nitrogen and oxygen atoms in total. The summed E-state index contributed by atoms with van der Waals surface area (Å²) in [7, 11) is 0. The van der Waals surface area contributed by atoms with E-state index in [4.69, 9.17) is 0 Å². The van der Waals surface area contributed by atoms with Gasteiger partial charge in [-0.2, -0.15) is 0 Å². The Morgan fingerprint density at radius 2 is 1.89 bits per heavy atom. The molecule has 1 aliphatic carbocycles. The summed E-state index contributed by atoms with van der Waals surface area (Å²) in [6.07, 6.45) is 2.12. The highest BCUT2D eigenvalue weighted by molar-refractivity contribution is 4.89. The molecule has 0 saturated heterocycles. The zero-order chi connectivity index (χ0) is 7.07. The topological polar surface area (TPSA) is 20.2 Å². The van der Waals surface area contributed by atoms with Crippen LogP contribution in [0.5, 0.6) is 0 Å². The van der Waals surface area contributed by atoms with E-state index in [0.29, 0.717) is 5.92 Å². The van der Waals surface area contributed by atoms with Crippen LogP contribution in [0.3, 0.4) is 0 Å². The average molecular weight is 128 g/mol. The van der Waals surface area contributed by atoms with E-state index in [-0.39, 0.29) is 11.5 Å². The molecule has 54 valence electrons. The highest BCUT2D eigenvalue weighted by atomic mass is 16.3. The van der Waals surface area contributed by atoms with Gasteiger partial charge in [-0.1, -0.05) is 20.8 Å². The number of rotatable bonds is 0. The lowest BCUT2D eigenvalue weighted by Crippen LogP contribution is -2.27. The Morgan fingerprint density at radius 1 is 1.33 bits per heavy atom. The molecular formula is C8H16O. The molecule has 1 fully saturated rings. The predicted octanol–water partition coefficient (Wildman–Crippen LogP) is 1.80. The van der Waals surface area contributed by atoms with E-state index >= 15 is 0 Å². The molecule has 0 heterocycles. The molecule has 1 aliphatic rings. The van der Waals surface area contributed by atoms with Crippen molar-refractivity contribution in [2.75, 3.05) is 0 Å². The van der Waals surface area contributed by atoms with Gasteiger partial charge in [0.25, 0.3) is 0 Å². The average Bonchev–Trinajstić information content (AvgIpc) is 1.96. The third-order valence-corrected chi connectivity index (χ3v) is 3.00. The Balaban J connectivity index is 2.66. The van der Waals surface area contributed by atoms with Gasteiger partial charge in [0.2, 0.25) is 0 Å². The second kappa shape index (κ2) is 1.98. The summed E-state index contributed by atoms with van der Waals surface area (Å²) in [5.74, 6) is 0.687. The van der Waals surface area contributed by atoms with Gasteiger partial charge in [0, 0.05) is 0 Å². The Bertz CT molecular complexity index is 95.1. The van der Waals surface area contributed by atoms with Crippen molar-refractivity contribution in [1.82, 2.24) is 0 Å². The lowest BCUT2D eigenvalue weighted by molar-refractivity contribution is 0.0589. The molecule has 9 heavy (non-hydrogen) atoms. The van der Waals surface area contributed by atoms with E-state index < -0.39 is 0 Å². The van der Waals surface area contributed by atoms with Gasteiger partial charge in [-0.15, -0.1) is 0 Å². The first-order chi connectivity index (χ1) is 4.05. The summed E-state index contributed by atoms with van der Waals surface area (Å²) < 4.78 is 0. The number of aliphatic hydroxyl groups is 1. The maximum absolute atomic E-state index is 9.43. The molecule has 0 amide bonds. The SMILES string of the molecule is CC1CC[C@H](O)C1(C)C. The minimum absolute atomic E-state index is 0.0625. The van der Waals surface area contributed by atoms with Crippen molar-refractivity contribution in [1.29, 1.82) is 0 Å². The lowest BCUT2D eigenvalue weighted by Gasteiger charge is -2.27. The Hall–Kier alpha value is -0.0400. The molecule has 0 aromatic carbocycles. The van der Waals surface area contributed by atoms with Crippen LogP contribution in [0.15, 0.2) is 0 Å². The van der Waals surface area contributed by atoms with Crippen LogP contribution in [0.4, 0.5) is 0 Å². The number of hydrogen-bond donors (Lipinski definition) is 1. The molecule has 1 N–H and O–H groups in total. The molecule has 0 aromatic rings. The van der Waals surface area contributed by atoms with Crippen LogP contribution < -0.4 is 0 Å². The Kier molecular flexibility index (Phi) is 1.55. The summed E-state index contributed by atoms with van der Waals surface area (Å²) in [5.41, 5.74) is 0.167. The normalized spacial score (nSPS) is 41.3. The molecule has 0 radical (unpaired) electrons. The van der Waals surface area contributed by atoms with Crippen LogP contribution in [0.1, 0.15) is 33.6 Å². The zero-order valence-electron chi connectivity index (χ0n) is 6.52. The summed E-state index contributed by atoms with van der Waals surface area (Å²) in [6.45, 7) is 6.51. The van der Waals surface area contributed by atoms with Crippen molar-refractivity contribution < 1.29 is 5.11 Å². The summed E-state index contributed by atoms with van der Waals surface area (Å²) in [5, 5.41) is 9.43. The van der Waals surface area contributed by atoms with Crippen molar-refractivity contribution in [2.45, 2.75) is 39.7 Å². The third kappa shape index (κ3) is 0.983. The van der Waals surface area contributed by atoms with Crippen LogP contribution in [0.25, 0.3) is 0 Å². The van der Waals surface area contributed by atoms with E-state index in [9.17, 15) is 5.11 Å². The van der Waals surface area contributed by atoms with Gasteiger partial charge in [0.05, 0.1) is 6.10 Å². The number of hydrogen-bond acceptors (Lipinski definition) is 1. The van der Waals surface area contributed by atoms with E-state index in [0.717, 1.165) is 6.42 Å². The van der Waals surface area contributed by atoms with Crippen LogP contribution in [0.2, 0.25) is 0 Å². The fourth-order valence-electron chi connectivity index (χ4n) is 1.48. The highest BCUT2D eigenvalue weighted by Crippen LogP contribution is 2.42. The van der Waals surface area contributed by atoms with E-state index in [1.165, 1.54) is 6.42 Å². The summed E-state index contributed by atoms with van der Waals surface area (Å²) in [4.78, 5) is 0. The minimum atomic E-state index is -0.0625. The Labute approximate surface area is 57.1 Å². The van der Waals surface area contributed by atoms with E-state index in [1.807, 2.05) is 0 Å². The van der Waals surface area contributed by atoms with Gasteiger partial charge in [-0.05, 0) is 24.2 Å². The summed E-state index contributed by atoms with van der Waals surface area (Å²) >= 11 is 0. The quantitative estimate of drug-likeness (QED) is 0.527. The molecule has 0 spiro atoms. The molecular weight excluding hydrogens is 112 g/mol. The first-order valence-electron chi connectivity index (χ1n) is 3.73. The monoisotopic (exact) mass is 128 g/mol. The van der Waals surface area contributed by atoms with Crippen molar-refractivity contribution in [3.63, 3.8) is 0 Å². The van der Waals surface area contributed by atoms with E-state index in [1.54, 1.807) is 0 Å². The largest absolute Gasteiger partial charge is 0.393 e. The molecule has 1 rings (SSSR count). The third-order valence-electron chi connectivity index (χ3n) is 3.00. The van der Waals surface area contributed by atoms with Crippen LogP contribution in [-0.2, 0) is 0 Å². The van der Waals surface area contributed by atoms with Gasteiger partial charge in [-0.25, -0.2) is 0 Å². The maximum Gasteiger partial charge on any atom is 0.0593 e. The van der Waals surface area contributed by atoms with Crippen LogP contribution in [0, 0.1) is 11.3 Å². The second-order valence-corrected chi connectivity index (χ2v) is 3.82. The molecule has 1 heteroatoms. The smallest absolute Gasteiger partial charge is 0.0593 e. The molecule has 2 atom stereocenters. The van der Waals surface area contributed by atoms with Crippen LogP contribution >= 0.6 is 0 Å². The fraction of sp³-hybridized carbons (Fsp3) is 1.00. The van der Waals surface area contributed by atoms with Gasteiger partial charge in [0.15, 0.2) is 0 Å². The van der Waals surface area contributed by atoms with Gasteiger partial charge >= 0.3 is 0 Å². The highest BCUT2D eigenvalue weighted by Gasteiger charge is 2.38. The first kappa shape index (κ1) is 7.07. The summed E-state index contributed by atoms with van der Waals surface area (Å²) in [6, 6.07) is 0. The van der Waals surface area contributed by atoms with E-state index in [2.05, 4.69) is 20.8 Å². The molecule has 1 saturated carbocycles. The van der Waals surface area contributed by atoms with Crippen molar-refractivity contribution in [3.8, 4) is 0 Å². The number of aliphatic hydroxyl groups excluding tert-OH is 1. The molecule has 0 aromatic heterocycles. The lowest BCUT2D eigenvalue weighted by atomic mass is 9.82. The molecule has 0 aliphatic heterocycles. The van der Waals surface area contributed by atoms with Crippen molar-refractivity contribution in [2.24, 2.45) is 11.3 Å². The zero-order valence-corrected chi connectivity index (χ0v) is 6.52. The Morgan fingerprint density at radius 3 is 2.00 bits per heavy atom.